The molecule has 2 nitrogen and oxygen atoms in total. The fourth-order valence-electron chi connectivity index (χ4n) is 1.27. The number of likely N-dealkylation sites (tertiary alicyclic amines) is 1. The molecule has 0 bridgehead atoms. The van der Waals surface area contributed by atoms with Crippen molar-refractivity contribution in [2.24, 2.45) is 0 Å². The third-order valence-electron chi connectivity index (χ3n) is 1.90. The number of thioether (sulfide) groups is 1. The average Bonchev–Trinajstić information content (AvgIpc) is 2.03. The maximum Gasteiger partial charge on any atom is 0.187 e. The molecule has 1 aliphatic rings. The van der Waals surface area contributed by atoms with Crippen molar-refractivity contribution in [2.75, 3.05) is 19.0 Å². The van der Waals surface area contributed by atoms with Gasteiger partial charge in [-0.05, 0) is 25.9 Å². The second-order valence-electron chi connectivity index (χ2n) is 2.94. The van der Waals surface area contributed by atoms with Gasteiger partial charge in [-0.1, -0.05) is 18.2 Å². The summed E-state index contributed by atoms with van der Waals surface area (Å²) < 4.78 is 0. The van der Waals surface area contributed by atoms with Crippen molar-refractivity contribution in [3.63, 3.8) is 0 Å². The van der Waals surface area contributed by atoms with Crippen molar-refractivity contribution in [3.8, 4) is 0 Å². The van der Waals surface area contributed by atoms with Crippen molar-refractivity contribution in [2.45, 2.75) is 26.2 Å². The minimum atomic E-state index is 0. The maximum absolute atomic E-state index is 10.6. The van der Waals surface area contributed by atoms with Gasteiger partial charge in [0, 0.05) is 6.92 Å². The monoisotopic (exact) mass is 209 g/mol. The lowest BCUT2D eigenvalue weighted by atomic mass is 10.1. The van der Waals surface area contributed by atoms with Crippen LogP contribution in [-0.2, 0) is 4.79 Å². The molecule has 1 fully saturated rings. The second-order valence-corrected chi connectivity index (χ2v) is 4.07. The zero-order chi connectivity index (χ0) is 8.10. The highest BCUT2D eigenvalue weighted by atomic mass is 35.5. The molecule has 4 heteroatoms. The van der Waals surface area contributed by atoms with Gasteiger partial charge in [0.15, 0.2) is 5.12 Å². The van der Waals surface area contributed by atoms with E-state index in [9.17, 15) is 4.79 Å². The topological polar surface area (TPSA) is 20.3 Å². The molecule has 0 atom stereocenters. The van der Waals surface area contributed by atoms with E-state index in [0.29, 0.717) is 0 Å². The number of piperidine rings is 1. The summed E-state index contributed by atoms with van der Waals surface area (Å²) in [5.41, 5.74) is 0. The summed E-state index contributed by atoms with van der Waals surface area (Å²) >= 11 is 1.42. The Bertz CT molecular complexity index is 137. The fourth-order valence-corrected chi connectivity index (χ4v) is 1.89. The minimum absolute atomic E-state index is 0. The van der Waals surface area contributed by atoms with Crippen LogP contribution < -0.4 is 0 Å². The van der Waals surface area contributed by atoms with E-state index in [1.165, 1.54) is 44.1 Å². The number of nitrogens with zero attached hydrogens (tertiary/aromatic N) is 1. The molecule has 0 saturated carbocycles. The van der Waals surface area contributed by atoms with Crippen molar-refractivity contribution in [3.05, 3.63) is 0 Å². The van der Waals surface area contributed by atoms with Gasteiger partial charge in [-0.15, -0.1) is 12.4 Å². The molecule has 0 spiro atoms. The van der Waals surface area contributed by atoms with Crippen LogP contribution in [0.15, 0.2) is 0 Å². The fraction of sp³-hybridized carbons (Fsp3) is 0.875. The van der Waals surface area contributed by atoms with Crippen molar-refractivity contribution >= 4 is 29.3 Å². The van der Waals surface area contributed by atoms with Crippen LogP contribution in [0.3, 0.4) is 0 Å². The van der Waals surface area contributed by atoms with Gasteiger partial charge in [-0.3, -0.25) is 9.69 Å². The highest BCUT2D eigenvalue weighted by molar-refractivity contribution is 8.13. The van der Waals surface area contributed by atoms with Crippen molar-refractivity contribution in [1.29, 1.82) is 0 Å². The van der Waals surface area contributed by atoms with Crippen molar-refractivity contribution in [1.82, 2.24) is 4.90 Å². The quantitative estimate of drug-likeness (QED) is 0.695. The SMILES string of the molecule is CC(=O)SCN1CCCCC1.Cl. The molecule has 0 radical (unpaired) electrons. The predicted octanol–water partition coefficient (Wildman–Crippen LogP) is 2.13. The summed E-state index contributed by atoms with van der Waals surface area (Å²) in [6, 6.07) is 0. The number of carbonyl (C=O) groups is 1. The number of halogens is 1. The second kappa shape index (κ2) is 6.75. The number of hydrogen-bond acceptors (Lipinski definition) is 3. The third kappa shape index (κ3) is 5.01. The molecule has 1 saturated heterocycles. The number of rotatable bonds is 2. The molecule has 12 heavy (non-hydrogen) atoms. The van der Waals surface area contributed by atoms with Gasteiger partial charge in [0.2, 0.25) is 0 Å². The Morgan fingerprint density at radius 2 is 1.92 bits per heavy atom. The Hall–Kier alpha value is 0.270. The molecule has 1 rings (SSSR count). The van der Waals surface area contributed by atoms with E-state index in [4.69, 9.17) is 0 Å². The van der Waals surface area contributed by atoms with Gasteiger partial charge in [0.25, 0.3) is 0 Å². The largest absolute Gasteiger partial charge is 0.294 e. The van der Waals surface area contributed by atoms with Gasteiger partial charge < -0.3 is 0 Å². The van der Waals surface area contributed by atoms with E-state index in [1.807, 2.05) is 0 Å². The van der Waals surface area contributed by atoms with Crippen LogP contribution in [0.2, 0.25) is 0 Å². The zero-order valence-corrected chi connectivity index (χ0v) is 9.05. The Morgan fingerprint density at radius 1 is 1.33 bits per heavy atom. The molecule has 1 aliphatic heterocycles. The molecule has 0 unspecified atom stereocenters. The summed E-state index contributed by atoms with van der Waals surface area (Å²) in [5, 5.41) is 0.232. The molecule has 0 N–H and O–H groups in total. The molecule has 0 aliphatic carbocycles. The summed E-state index contributed by atoms with van der Waals surface area (Å²) in [5.74, 6) is 0.898. The van der Waals surface area contributed by atoms with Crippen LogP contribution in [0, 0.1) is 0 Å². The first-order chi connectivity index (χ1) is 5.29. The van der Waals surface area contributed by atoms with Crippen LogP contribution in [0.4, 0.5) is 0 Å². The smallest absolute Gasteiger partial charge is 0.187 e. The van der Waals surface area contributed by atoms with E-state index in [0.717, 1.165) is 5.88 Å². The highest BCUT2D eigenvalue weighted by Gasteiger charge is 2.09. The van der Waals surface area contributed by atoms with Gasteiger partial charge in [-0.25, -0.2) is 0 Å². The van der Waals surface area contributed by atoms with E-state index in [-0.39, 0.29) is 17.5 Å². The van der Waals surface area contributed by atoms with Crippen LogP contribution in [0.25, 0.3) is 0 Å². The first kappa shape index (κ1) is 12.3. The number of hydrogen-bond donors (Lipinski definition) is 0. The molecule has 72 valence electrons. The molecule has 0 amide bonds. The highest BCUT2D eigenvalue weighted by Crippen LogP contribution is 2.12. The molecule has 0 aromatic rings. The van der Waals surface area contributed by atoms with E-state index < -0.39 is 0 Å². The molecule has 0 aromatic heterocycles. The maximum atomic E-state index is 10.6. The first-order valence-electron chi connectivity index (χ1n) is 4.15. The van der Waals surface area contributed by atoms with E-state index in [1.54, 1.807) is 6.92 Å². The normalized spacial score (nSPS) is 18.4. The Kier molecular flexibility index (Phi) is 6.90. The lowest BCUT2D eigenvalue weighted by molar-refractivity contribution is -0.109. The van der Waals surface area contributed by atoms with Gasteiger partial charge in [0.05, 0.1) is 5.88 Å². The zero-order valence-electron chi connectivity index (χ0n) is 7.41. The molecular formula is C8H16ClNOS. The van der Waals surface area contributed by atoms with Gasteiger partial charge in [0.1, 0.15) is 0 Å². The first-order valence-corrected chi connectivity index (χ1v) is 5.13. The molecule has 1 heterocycles. The summed E-state index contributed by atoms with van der Waals surface area (Å²) in [6.07, 6.45) is 3.97. The predicted molar refractivity (Wildman–Crippen MR) is 55.8 cm³/mol. The van der Waals surface area contributed by atoms with E-state index >= 15 is 0 Å². The van der Waals surface area contributed by atoms with Gasteiger partial charge >= 0.3 is 0 Å². The summed E-state index contributed by atoms with van der Waals surface area (Å²) in [6.45, 7) is 4.00. The van der Waals surface area contributed by atoms with Crippen LogP contribution in [-0.4, -0.2) is 29.0 Å². The lowest BCUT2D eigenvalue weighted by Crippen LogP contribution is -2.29. The number of carbonyl (C=O) groups excluding carboxylic acids is 1. The standard InChI is InChI=1S/C8H15NOS.ClH/c1-8(10)11-7-9-5-3-2-4-6-9;/h2-7H2,1H3;1H. The Morgan fingerprint density at radius 3 is 2.42 bits per heavy atom. The van der Waals surface area contributed by atoms with Crippen LogP contribution in [0.5, 0.6) is 0 Å². The average molecular weight is 210 g/mol. The minimum Gasteiger partial charge on any atom is -0.294 e. The summed E-state index contributed by atoms with van der Waals surface area (Å²) in [7, 11) is 0. The van der Waals surface area contributed by atoms with Crippen molar-refractivity contribution < 1.29 is 4.79 Å². The Balaban J connectivity index is 0.00000121. The van der Waals surface area contributed by atoms with Gasteiger partial charge in [-0.2, -0.15) is 0 Å². The van der Waals surface area contributed by atoms with Crippen LogP contribution in [0.1, 0.15) is 26.2 Å². The lowest BCUT2D eigenvalue weighted by Gasteiger charge is -2.25. The third-order valence-corrected chi connectivity index (χ3v) is 2.80. The van der Waals surface area contributed by atoms with E-state index in [2.05, 4.69) is 4.90 Å². The Labute approximate surface area is 84.5 Å². The van der Waals surface area contributed by atoms with Crippen LogP contribution >= 0.6 is 24.2 Å². The molecular weight excluding hydrogens is 194 g/mol. The molecule has 0 aromatic carbocycles. The summed E-state index contributed by atoms with van der Waals surface area (Å²) in [4.78, 5) is 13.0.